The highest BCUT2D eigenvalue weighted by Gasteiger charge is 2.26. The van der Waals surface area contributed by atoms with E-state index >= 15 is 0 Å². The van der Waals surface area contributed by atoms with E-state index in [0.29, 0.717) is 17.4 Å². The van der Waals surface area contributed by atoms with E-state index in [1.165, 1.54) is 19.4 Å². The van der Waals surface area contributed by atoms with Gasteiger partial charge in [0.2, 0.25) is 0 Å². The van der Waals surface area contributed by atoms with E-state index in [1.807, 2.05) is 6.92 Å². The molecule has 2 atom stereocenters. The Hall–Kier alpha value is -0.120. The van der Waals surface area contributed by atoms with Gasteiger partial charge in [-0.05, 0) is 70.1 Å². The van der Waals surface area contributed by atoms with E-state index in [0.717, 1.165) is 32.5 Å². The third-order valence-electron chi connectivity index (χ3n) is 4.73. The zero-order chi connectivity index (χ0) is 15.2. The summed E-state index contributed by atoms with van der Waals surface area (Å²) < 4.78 is 0. The fourth-order valence-electron chi connectivity index (χ4n) is 3.13. The Morgan fingerprint density at radius 1 is 1.25 bits per heavy atom. The van der Waals surface area contributed by atoms with E-state index in [2.05, 4.69) is 37.9 Å². The van der Waals surface area contributed by atoms with Crippen LogP contribution in [0.5, 0.6) is 0 Å². The number of hydrogen-bond acceptors (Lipinski definition) is 3. The molecule has 20 heavy (non-hydrogen) atoms. The van der Waals surface area contributed by atoms with Gasteiger partial charge in [0, 0.05) is 6.04 Å². The Morgan fingerprint density at radius 2 is 1.85 bits per heavy atom. The number of nitrogens with zero attached hydrogens (tertiary/aromatic N) is 1. The highest BCUT2D eigenvalue weighted by molar-refractivity contribution is 4.83. The average Bonchev–Trinajstić information content (AvgIpc) is 2.37. The predicted molar refractivity (Wildman–Crippen MR) is 87.0 cm³/mol. The molecule has 1 fully saturated rings. The van der Waals surface area contributed by atoms with Crippen molar-refractivity contribution in [2.24, 2.45) is 11.3 Å². The summed E-state index contributed by atoms with van der Waals surface area (Å²) in [5.41, 5.74) is 0.326. The molecule has 0 spiro atoms. The molecule has 0 saturated carbocycles. The summed E-state index contributed by atoms with van der Waals surface area (Å²) in [7, 11) is 0. The third-order valence-corrected chi connectivity index (χ3v) is 4.73. The van der Waals surface area contributed by atoms with E-state index in [1.54, 1.807) is 0 Å². The largest absolute Gasteiger partial charge is 0.393 e. The fourth-order valence-corrected chi connectivity index (χ4v) is 3.13. The van der Waals surface area contributed by atoms with Gasteiger partial charge in [0.05, 0.1) is 6.10 Å². The first-order valence-electron chi connectivity index (χ1n) is 8.48. The Bertz CT molecular complexity index is 252. The molecule has 1 saturated heterocycles. The number of nitrogens with one attached hydrogen (secondary N) is 1. The molecule has 0 aromatic heterocycles. The topological polar surface area (TPSA) is 35.5 Å². The molecule has 1 aliphatic rings. The maximum absolute atomic E-state index is 9.66. The molecular weight excluding hydrogens is 248 g/mol. The summed E-state index contributed by atoms with van der Waals surface area (Å²) >= 11 is 0. The minimum atomic E-state index is -0.134. The van der Waals surface area contributed by atoms with Crippen LogP contribution in [0.4, 0.5) is 0 Å². The zero-order valence-electron chi connectivity index (χ0n) is 14.3. The molecule has 3 heteroatoms. The van der Waals surface area contributed by atoms with Gasteiger partial charge in [0.25, 0.3) is 0 Å². The van der Waals surface area contributed by atoms with Gasteiger partial charge in [0.1, 0.15) is 0 Å². The SMILES string of the molecule is CCCNC(CCN1CCC(C(C)O)CC1)C(C)(C)C. The van der Waals surface area contributed by atoms with Gasteiger partial charge >= 0.3 is 0 Å². The molecular formula is C17H36N2O. The molecule has 1 rings (SSSR count). The van der Waals surface area contributed by atoms with Crippen LogP contribution in [0.2, 0.25) is 0 Å². The van der Waals surface area contributed by atoms with Crippen molar-refractivity contribution in [3.05, 3.63) is 0 Å². The number of aliphatic hydroxyl groups excluding tert-OH is 1. The van der Waals surface area contributed by atoms with Crippen LogP contribution in [0.3, 0.4) is 0 Å². The molecule has 0 amide bonds. The van der Waals surface area contributed by atoms with E-state index in [4.69, 9.17) is 0 Å². The first-order valence-corrected chi connectivity index (χ1v) is 8.48. The Kier molecular flexibility index (Phi) is 7.49. The summed E-state index contributed by atoms with van der Waals surface area (Å²) in [4.78, 5) is 2.57. The second kappa shape index (κ2) is 8.35. The van der Waals surface area contributed by atoms with Gasteiger partial charge in [-0.3, -0.25) is 0 Å². The predicted octanol–water partition coefficient (Wildman–Crippen LogP) is 2.88. The summed E-state index contributed by atoms with van der Waals surface area (Å²) in [6.45, 7) is 15.8. The van der Waals surface area contributed by atoms with E-state index in [9.17, 15) is 5.11 Å². The highest BCUT2D eigenvalue weighted by atomic mass is 16.3. The second-order valence-corrected chi connectivity index (χ2v) is 7.58. The smallest absolute Gasteiger partial charge is 0.0541 e. The summed E-state index contributed by atoms with van der Waals surface area (Å²) in [6.07, 6.45) is 4.60. The van der Waals surface area contributed by atoms with Gasteiger partial charge in [-0.1, -0.05) is 27.7 Å². The van der Waals surface area contributed by atoms with Gasteiger partial charge in [-0.2, -0.15) is 0 Å². The number of piperidine rings is 1. The van der Waals surface area contributed by atoms with Crippen molar-refractivity contribution in [2.45, 2.75) is 72.4 Å². The highest BCUT2D eigenvalue weighted by Crippen LogP contribution is 2.24. The second-order valence-electron chi connectivity index (χ2n) is 7.58. The lowest BCUT2D eigenvalue weighted by Gasteiger charge is -2.37. The summed E-state index contributed by atoms with van der Waals surface area (Å²) in [5.74, 6) is 0.517. The molecule has 2 N–H and O–H groups in total. The van der Waals surface area contributed by atoms with Crippen molar-refractivity contribution in [3.8, 4) is 0 Å². The molecule has 1 aliphatic heterocycles. The monoisotopic (exact) mass is 284 g/mol. The standard InChI is InChI=1S/C17H36N2O/c1-6-10-18-16(17(3,4)5)9-13-19-11-7-15(8-12-19)14(2)20/h14-16,18,20H,6-13H2,1-5H3. The quantitative estimate of drug-likeness (QED) is 0.754. The van der Waals surface area contributed by atoms with Crippen molar-refractivity contribution < 1.29 is 5.11 Å². The van der Waals surface area contributed by atoms with Crippen LogP contribution in [0.25, 0.3) is 0 Å². The van der Waals surface area contributed by atoms with Crippen LogP contribution in [-0.4, -0.2) is 48.3 Å². The molecule has 120 valence electrons. The van der Waals surface area contributed by atoms with Crippen molar-refractivity contribution in [2.75, 3.05) is 26.2 Å². The Balaban J connectivity index is 2.33. The number of aliphatic hydroxyl groups is 1. The summed E-state index contributed by atoms with van der Waals surface area (Å²) in [6, 6.07) is 0.594. The lowest BCUT2D eigenvalue weighted by atomic mass is 9.84. The van der Waals surface area contributed by atoms with E-state index < -0.39 is 0 Å². The molecule has 0 bridgehead atoms. The van der Waals surface area contributed by atoms with Gasteiger partial charge in [-0.15, -0.1) is 0 Å². The normalized spacial score (nSPS) is 21.9. The van der Waals surface area contributed by atoms with Gasteiger partial charge in [0.15, 0.2) is 0 Å². The van der Waals surface area contributed by atoms with Crippen LogP contribution in [0.1, 0.15) is 60.3 Å². The first kappa shape index (κ1) is 17.9. The lowest BCUT2D eigenvalue weighted by Crippen LogP contribution is -2.44. The van der Waals surface area contributed by atoms with Crippen molar-refractivity contribution >= 4 is 0 Å². The van der Waals surface area contributed by atoms with Crippen LogP contribution >= 0.6 is 0 Å². The number of rotatable bonds is 7. The minimum absolute atomic E-state index is 0.134. The molecule has 0 aliphatic carbocycles. The number of hydrogen-bond donors (Lipinski definition) is 2. The average molecular weight is 284 g/mol. The van der Waals surface area contributed by atoms with Crippen molar-refractivity contribution in [3.63, 3.8) is 0 Å². The van der Waals surface area contributed by atoms with Gasteiger partial charge < -0.3 is 15.3 Å². The number of likely N-dealkylation sites (tertiary alicyclic amines) is 1. The maximum Gasteiger partial charge on any atom is 0.0541 e. The molecule has 0 aromatic carbocycles. The van der Waals surface area contributed by atoms with E-state index in [-0.39, 0.29) is 6.10 Å². The third kappa shape index (κ3) is 6.11. The maximum atomic E-state index is 9.66. The molecule has 0 radical (unpaired) electrons. The first-order chi connectivity index (χ1) is 9.34. The molecule has 0 aromatic rings. The molecule has 3 nitrogen and oxygen atoms in total. The van der Waals surface area contributed by atoms with Crippen LogP contribution in [0.15, 0.2) is 0 Å². The minimum Gasteiger partial charge on any atom is -0.393 e. The lowest BCUT2D eigenvalue weighted by molar-refractivity contribution is 0.0687. The van der Waals surface area contributed by atoms with Crippen LogP contribution in [0, 0.1) is 11.3 Å². The van der Waals surface area contributed by atoms with Crippen molar-refractivity contribution in [1.29, 1.82) is 0 Å². The Morgan fingerprint density at radius 3 is 2.30 bits per heavy atom. The van der Waals surface area contributed by atoms with Crippen LogP contribution < -0.4 is 5.32 Å². The van der Waals surface area contributed by atoms with Crippen LogP contribution in [-0.2, 0) is 0 Å². The zero-order valence-corrected chi connectivity index (χ0v) is 14.3. The Labute approximate surface area is 126 Å². The van der Waals surface area contributed by atoms with Crippen molar-refractivity contribution in [1.82, 2.24) is 10.2 Å². The molecule has 1 heterocycles. The molecule has 2 unspecified atom stereocenters. The van der Waals surface area contributed by atoms with Gasteiger partial charge in [-0.25, -0.2) is 0 Å². The summed E-state index contributed by atoms with van der Waals surface area (Å²) in [5, 5.41) is 13.4. The fraction of sp³-hybridized carbons (Fsp3) is 1.00.